The maximum absolute atomic E-state index is 12.4. The van der Waals surface area contributed by atoms with Crippen LogP contribution in [0.15, 0.2) is 41.3 Å². The van der Waals surface area contributed by atoms with E-state index >= 15 is 0 Å². The van der Waals surface area contributed by atoms with E-state index in [9.17, 15) is 8.42 Å². The van der Waals surface area contributed by atoms with Crippen molar-refractivity contribution in [1.29, 1.82) is 5.26 Å². The molecule has 0 saturated carbocycles. The van der Waals surface area contributed by atoms with Gasteiger partial charge in [0.2, 0.25) is 0 Å². The Morgan fingerprint density at radius 2 is 1.81 bits per heavy atom. The second-order valence-electron chi connectivity index (χ2n) is 4.68. The van der Waals surface area contributed by atoms with E-state index < -0.39 is 10.0 Å². The third-order valence-electron chi connectivity index (χ3n) is 3.27. The molecule has 2 rings (SSSR count). The highest BCUT2D eigenvalue weighted by Crippen LogP contribution is 2.27. The number of nitrogens with zero attached hydrogens (tertiary/aromatic N) is 1. The molecule has 5 nitrogen and oxygen atoms in total. The van der Waals surface area contributed by atoms with Crippen LogP contribution >= 0.6 is 0 Å². The van der Waals surface area contributed by atoms with Crippen molar-refractivity contribution in [2.75, 3.05) is 10.5 Å². The molecule has 0 aliphatic carbocycles. The number of aryl methyl sites for hydroxylation is 1. The molecule has 0 fully saturated rings. The Morgan fingerprint density at radius 1 is 1.14 bits per heavy atom. The zero-order valence-electron chi connectivity index (χ0n) is 11.7. The van der Waals surface area contributed by atoms with Gasteiger partial charge in [-0.25, -0.2) is 8.42 Å². The maximum Gasteiger partial charge on any atom is 0.263 e. The number of nitrogens with one attached hydrogen (secondary N) is 1. The molecule has 0 spiro atoms. The van der Waals surface area contributed by atoms with E-state index in [1.807, 2.05) is 13.0 Å². The van der Waals surface area contributed by atoms with Crippen LogP contribution in [0.3, 0.4) is 0 Å². The molecule has 0 atom stereocenters. The van der Waals surface area contributed by atoms with Crippen molar-refractivity contribution in [2.45, 2.75) is 18.7 Å². The van der Waals surface area contributed by atoms with Crippen LogP contribution in [-0.2, 0) is 10.0 Å². The molecule has 0 aliphatic rings. The van der Waals surface area contributed by atoms with Crippen molar-refractivity contribution in [3.63, 3.8) is 0 Å². The summed E-state index contributed by atoms with van der Waals surface area (Å²) in [5.41, 5.74) is 8.50. The Bertz CT molecular complexity index is 836. The number of hydrogen-bond donors (Lipinski definition) is 2. The van der Waals surface area contributed by atoms with Gasteiger partial charge in [-0.05, 0) is 43.2 Å². The predicted molar refractivity (Wildman–Crippen MR) is 82.3 cm³/mol. The SMILES string of the molecule is Cc1ccc(NS(=O)(=O)c2ccccc2C#N)c(C)c1N. The van der Waals surface area contributed by atoms with Gasteiger partial charge >= 0.3 is 0 Å². The van der Waals surface area contributed by atoms with Crippen molar-refractivity contribution in [1.82, 2.24) is 0 Å². The molecule has 108 valence electrons. The molecule has 6 heteroatoms. The molecular formula is C15H15N3O2S. The van der Waals surface area contributed by atoms with Crippen LogP contribution in [0.2, 0.25) is 0 Å². The number of rotatable bonds is 3. The number of anilines is 2. The highest BCUT2D eigenvalue weighted by atomic mass is 32.2. The molecule has 0 saturated heterocycles. The van der Waals surface area contributed by atoms with Gasteiger partial charge in [0.15, 0.2) is 0 Å². The first-order chi connectivity index (χ1) is 9.86. The second kappa shape index (κ2) is 5.46. The zero-order valence-corrected chi connectivity index (χ0v) is 12.5. The first-order valence-electron chi connectivity index (χ1n) is 6.24. The van der Waals surface area contributed by atoms with Crippen molar-refractivity contribution in [3.8, 4) is 6.07 Å². The molecular weight excluding hydrogens is 286 g/mol. The van der Waals surface area contributed by atoms with Crippen LogP contribution in [-0.4, -0.2) is 8.42 Å². The molecule has 3 N–H and O–H groups in total. The van der Waals surface area contributed by atoms with Gasteiger partial charge < -0.3 is 5.73 Å². The van der Waals surface area contributed by atoms with E-state index in [0.717, 1.165) is 5.56 Å². The summed E-state index contributed by atoms with van der Waals surface area (Å²) in [6, 6.07) is 11.3. The highest BCUT2D eigenvalue weighted by molar-refractivity contribution is 7.92. The first kappa shape index (κ1) is 14.9. The summed E-state index contributed by atoms with van der Waals surface area (Å²) in [7, 11) is -3.84. The third-order valence-corrected chi connectivity index (χ3v) is 4.70. The lowest BCUT2D eigenvalue weighted by atomic mass is 10.1. The van der Waals surface area contributed by atoms with E-state index in [1.165, 1.54) is 12.1 Å². The third kappa shape index (κ3) is 2.83. The summed E-state index contributed by atoms with van der Waals surface area (Å²) in [5.74, 6) is 0. The summed E-state index contributed by atoms with van der Waals surface area (Å²) in [4.78, 5) is -0.0500. The number of benzene rings is 2. The average molecular weight is 301 g/mol. The Labute approximate surface area is 124 Å². The Hall–Kier alpha value is -2.52. The summed E-state index contributed by atoms with van der Waals surface area (Å²) in [6.45, 7) is 3.60. The Balaban J connectivity index is 2.48. The predicted octanol–water partition coefficient (Wildman–Crippen LogP) is 2.56. The molecule has 0 unspecified atom stereocenters. The Kier molecular flexibility index (Phi) is 3.87. The van der Waals surface area contributed by atoms with E-state index in [4.69, 9.17) is 11.0 Å². The fraction of sp³-hybridized carbons (Fsp3) is 0.133. The minimum atomic E-state index is -3.84. The number of hydrogen-bond acceptors (Lipinski definition) is 4. The van der Waals surface area contributed by atoms with E-state index in [-0.39, 0.29) is 10.5 Å². The smallest absolute Gasteiger partial charge is 0.263 e. The number of sulfonamides is 1. The monoisotopic (exact) mass is 301 g/mol. The largest absolute Gasteiger partial charge is 0.398 e. The van der Waals surface area contributed by atoms with Gasteiger partial charge in [-0.2, -0.15) is 5.26 Å². The lowest BCUT2D eigenvalue weighted by molar-refractivity contribution is 0.601. The maximum atomic E-state index is 12.4. The quantitative estimate of drug-likeness (QED) is 0.851. The lowest BCUT2D eigenvalue weighted by Gasteiger charge is -2.14. The molecule has 0 bridgehead atoms. The summed E-state index contributed by atoms with van der Waals surface area (Å²) in [6.07, 6.45) is 0. The fourth-order valence-corrected chi connectivity index (χ4v) is 3.25. The summed E-state index contributed by atoms with van der Waals surface area (Å²) < 4.78 is 27.3. The normalized spacial score (nSPS) is 10.9. The van der Waals surface area contributed by atoms with Gasteiger partial charge in [-0.15, -0.1) is 0 Å². The van der Waals surface area contributed by atoms with Gasteiger partial charge in [-0.1, -0.05) is 18.2 Å². The molecule has 0 aliphatic heterocycles. The van der Waals surface area contributed by atoms with E-state index in [0.29, 0.717) is 16.9 Å². The second-order valence-corrected chi connectivity index (χ2v) is 6.33. The van der Waals surface area contributed by atoms with Gasteiger partial charge in [0, 0.05) is 5.69 Å². The molecule has 0 heterocycles. The average Bonchev–Trinajstić information content (AvgIpc) is 2.48. The van der Waals surface area contributed by atoms with Crippen LogP contribution in [0.1, 0.15) is 16.7 Å². The van der Waals surface area contributed by atoms with Crippen LogP contribution in [0.4, 0.5) is 11.4 Å². The molecule has 2 aromatic carbocycles. The lowest BCUT2D eigenvalue weighted by Crippen LogP contribution is -2.15. The zero-order chi connectivity index (χ0) is 15.6. The minimum Gasteiger partial charge on any atom is -0.398 e. The van der Waals surface area contributed by atoms with Crippen LogP contribution in [0.25, 0.3) is 0 Å². The minimum absolute atomic E-state index is 0.0500. The van der Waals surface area contributed by atoms with Gasteiger partial charge in [0.05, 0.1) is 11.3 Å². The van der Waals surface area contributed by atoms with E-state index in [2.05, 4.69) is 4.72 Å². The number of nitrogen functional groups attached to an aromatic ring is 1. The van der Waals surface area contributed by atoms with Crippen molar-refractivity contribution < 1.29 is 8.42 Å². The topological polar surface area (TPSA) is 96.0 Å². The molecule has 21 heavy (non-hydrogen) atoms. The summed E-state index contributed by atoms with van der Waals surface area (Å²) in [5, 5.41) is 9.02. The number of nitriles is 1. The van der Waals surface area contributed by atoms with Crippen LogP contribution < -0.4 is 10.5 Å². The van der Waals surface area contributed by atoms with Crippen molar-refractivity contribution >= 4 is 21.4 Å². The molecule has 0 aromatic heterocycles. The fourth-order valence-electron chi connectivity index (χ4n) is 1.97. The van der Waals surface area contributed by atoms with Crippen LogP contribution in [0.5, 0.6) is 0 Å². The molecule has 0 amide bonds. The van der Waals surface area contributed by atoms with Crippen molar-refractivity contribution in [2.24, 2.45) is 0 Å². The van der Waals surface area contributed by atoms with Gasteiger partial charge in [0.1, 0.15) is 11.0 Å². The van der Waals surface area contributed by atoms with Gasteiger partial charge in [0.25, 0.3) is 10.0 Å². The van der Waals surface area contributed by atoms with Crippen LogP contribution in [0, 0.1) is 25.2 Å². The number of nitrogens with two attached hydrogens (primary N) is 1. The van der Waals surface area contributed by atoms with Crippen molar-refractivity contribution in [3.05, 3.63) is 53.1 Å². The van der Waals surface area contributed by atoms with E-state index in [1.54, 1.807) is 31.2 Å². The highest BCUT2D eigenvalue weighted by Gasteiger charge is 2.19. The molecule has 0 radical (unpaired) electrons. The first-order valence-corrected chi connectivity index (χ1v) is 7.73. The summed E-state index contributed by atoms with van der Waals surface area (Å²) >= 11 is 0. The Morgan fingerprint density at radius 3 is 2.48 bits per heavy atom. The van der Waals surface area contributed by atoms with Gasteiger partial charge in [-0.3, -0.25) is 4.72 Å². The molecule has 2 aromatic rings. The standard InChI is InChI=1S/C15H15N3O2S/c1-10-7-8-13(11(2)15(10)17)18-21(19,20)14-6-4-3-5-12(14)9-16/h3-8,18H,17H2,1-2H3.